The normalized spacial score (nSPS) is 20.4. The molecule has 3 rings (SSSR count). The number of nitrogens with one attached hydrogen (secondary N) is 1. The Kier molecular flexibility index (Phi) is 10.7. The van der Waals surface area contributed by atoms with Crippen molar-refractivity contribution in [3.8, 4) is 0 Å². The number of carbonyl (C=O) groups excluding carboxylic acids is 1. The molecule has 1 N–H and O–H groups in total. The van der Waals surface area contributed by atoms with Crippen LogP contribution in [-0.4, -0.2) is 99.7 Å². The van der Waals surface area contributed by atoms with Crippen molar-refractivity contribution >= 4 is 47.2 Å². The van der Waals surface area contributed by atoms with Gasteiger partial charge in [-0.2, -0.15) is 0 Å². The number of guanidine groups is 1. The summed E-state index contributed by atoms with van der Waals surface area (Å²) < 4.78 is 5.46. The van der Waals surface area contributed by atoms with Gasteiger partial charge >= 0.3 is 0 Å². The van der Waals surface area contributed by atoms with E-state index in [1.165, 1.54) is 11.3 Å². The van der Waals surface area contributed by atoms with Crippen molar-refractivity contribution in [1.29, 1.82) is 0 Å². The number of hydrogen-bond donors (Lipinski definition) is 1. The Balaban J connectivity index is 0.00000300. The summed E-state index contributed by atoms with van der Waals surface area (Å²) in [6, 6.07) is 4.24. The molecule has 2 aliphatic heterocycles. The molecule has 1 unspecified atom stereocenters. The van der Waals surface area contributed by atoms with E-state index in [1.807, 2.05) is 0 Å². The minimum absolute atomic E-state index is 0. The van der Waals surface area contributed by atoms with Gasteiger partial charge in [-0.15, -0.1) is 35.3 Å². The minimum atomic E-state index is 0. The van der Waals surface area contributed by atoms with Crippen molar-refractivity contribution < 1.29 is 9.53 Å². The summed E-state index contributed by atoms with van der Waals surface area (Å²) in [5, 5.41) is 5.60. The highest BCUT2D eigenvalue weighted by Crippen LogP contribution is 2.18. The highest BCUT2D eigenvalue weighted by Gasteiger charge is 2.27. The van der Waals surface area contributed by atoms with E-state index in [1.54, 1.807) is 30.3 Å². The van der Waals surface area contributed by atoms with E-state index in [9.17, 15) is 4.79 Å². The molecule has 2 aliphatic rings. The lowest BCUT2D eigenvalue weighted by Gasteiger charge is -2.29. The second-order valence-corrected chi connectivity index (χ2v) is 8.73. The third-order valence-electron chi connectivity index (χ3n) is 5.30. The zero-order valence-electron chi connectivity index (χ0n) is 17.5. The van der Waals surface area contributed by atoms with E-state index in [0.29, 0.717) is 5.92 Å². The number of likely N-dealkylation sites (tertiary alicyclic amines) is 1. The van der Waals surface area contributed by atoms with Crippen LogP contribution in [0.5, 0.6) is 0 Å². The first-order valence-corrected chi connectivity index (χ1v) is 11.1. The van der Waals surface area contributed by atoms with Gasteiger partial charge < -0.3 is 19.9 Å². The Hall–Kier alpha value is -0.910. The number of thiophene rings is 1. The van der Waals surface area contributed by atoms with E-state index >= 15 is 0 Å². The molecule has 9 heteroatoms. The van der Waals surface area contributed by atoms with Gasteiger partial charge in [-0.25, -0.2) is 4.99 Å². The zero-order chi connectivity index (χ0) is 19.8. The van der Waals surface area contributed by atoms with E-state index in [-0.39, 0.29) is 36.4 Å². The number of likely N-dealkylation sites (N-methyl/N-ethyl adjacent to an activating group) is 1. The van der Waals surface area contributed by atoms with Gasteiger partial charge in [0.1, 0.15) is 6.54 Å². The average Bonchev–Trinajstić information content (AvgIpc) is 3.37. The van der Waals surface area contributed by atoms with E-state index in [4.69, 9.17) is 4.74 Å². The minimum Gasteiger partial charge on any atom is -0.379 e. The fourth-order valence-electron chi connectivity index (χ4n) is 3.63. The molecule has 2 fully saturated rings. The molecule has 2 saturated heterocycles. The van der Waals surface area contributed by atoms with Gasteiger partial charge in [-0.05, 0) is 30.2 Å². The molecule has 164 valence electrons. The number of amides is 1. The monoisotopic (exact) mass is 535 g/mol. The summed E-state index contributed by atoms with van der Waals surface area (Å²) in [7, 11) is 3.55. The van der Waals surface area contributed by atoms with Crippen LogP contribution in [0.4, 0.5) is 0 Å². The molecule has 1 amide bonds. The number of nitrogens with zero attached hydrogens (tertiary/aromatic N) is 4. The predicted molar refractivity (Wildman–Crippen MR) is 129 cm³/mol. The Bertz CT molecular complexity index is 635. The molecule has 1 aromatic heterocycles. The lowest BCUT2D eigenvalue weighted by atomic mass is 10.1. The van der Waals surface area contributed by atoms with Crippen molar-refractivity contribution in [2.24, 2.45) is 10.9 Å². The lowest BCUT2D eigenvalue weighted by Crippen LogP contribution is -2.43. The Labute approximate surface area is 195 Å². The number of carbonyl (C=O) groups is 1. The van der Waals surface area contributed by atoms with Gasteiger partial charge in [0, 0.05) is 58.2 Å². The molecule has 0 aromatic carbocycles. The van der Waals surface area contributed by atoms with Crippen LogP contribution in [-0.2, 0) is 16.0 Å². The standard InChI is InChI=1S/C20H33N5O2S.HI/c1-23(2)19(26)14-22-20(21-7-5-18-4-3-13-28-18)25-8-6-17(16-25)15-24-9-11-27-12-10-24;/h3-4,13,17H,5-12,14-16H2,1-2H3,(H,21,22);1H. The quantitative estimate of drug-likeness (QED) is 0.327. The van der Waals surface area contributed by atoms with E-state index < -0.39 is 0 Å². The van der Waals surface area contributed by atoms with Crippen molar-refractivity contribution in [1.82, 2.24) is 20.0 Å². The fourth-order valence-corrected chi connectivity index (χ4v) is 4.34. The van der Waals surface area contributed by atoms with Gasteiger partial charge in [0.25, 0.3) is 0 Å². The molecule has 1 atom stereocenters. The molecule has 0 spiro atoms. The maximum Gasteiger partial charge on any atom is 0.243 e. The molecular weight excluding hydrogens is 501 g/mol. The summed E-state index contributed by atoms with van der Waals surface area (Å²) in [5.74, 6) is 1.55. The second-order valence-electron chi connectivity index (χ2n) is 7.70. The van der Waals surface area contributed by atoms with Crippen molar-refractivity contribution in [2.45, 2.75) is 12.8 Å². The van der Waals surface area contributed by atoms with Crippen molar-refractivity contribution in [2.75, 3.05) is 73.1 Å². The van der Waals surface area contributed by atoms with Crippen LogP contribution < -0.4 is 5.32 Å². The summed E-state index contributed by atoms with van der Waals surface area (Å²) in [6.07, 6.45) is 2.15. The van der Waals surface area contributed by atoms with Crippen LogP contribution in [0.2, 0.25) is 0 Å². The Morgan fingerprint density at radius 1 is 1.34 bits per heavy atom. The molecule has 29 heavy (non-hydrogen) atoms. The van der Waals surface area contributed by atoms with Crippen LogP contribution >= 0.6 is 35.3 Å². The van der Waals surface area contributed by atoms with Crippen LogP contribution in [0.25, 0.3) is 0 Å². The number of morpholine rings is 1. The third kappa shape index (κ3) is 8.03. The molecule has 3 heterocycles. The largest absolute Gasteiger partial charge is 0.379 e. The molecule has 0 radical (unpaired) electrons. The summed E-state index contributed by atoms with van der Waals surface area (Å²) in [6.45, 7) is 7.91. The Morgan fingerprint density at radius 2 is 2.14 bits per heavy atom. The number of rotatable bonds is 7. The van der Waals surface area contributed by atoms with Crippen molar-refractivity contribution in [3.05, 3.63) is 22.4 Å². The highest BCUT2D eigenvalue weighted by molar-refractivity contribution is 14.0. The van der Waals surface area contributed by atoms with Gasteiger partial charge in [-0.3, -0.25) is 9.69 Å². The number of halogens is 1. The summed E-state index contributed by atoms with van der Waals surface area (Å²) in [5.41, 5.74) is 0. The van der Waals surface area contributed by atoms with Crippen LogP contribution in [0.15, 0.2) is 22.5 Å². The Morgan fingerprint density at radius 3 is 2.83 bits per heavy atom. The second kappa shape index (κ2) is 12.7. The first-order chi connectivity index (χ1) is 13.6. The highest BCUT2D eigenvalue weighted by atomic mass is 127. The molecule has 7 nitrogen and oxygen atoms in total. The number of ether oxygens (including phenoxy) is 1. The molecular formula is C20H34IN5O2S. The smallest absolute Gasteiger partial charge is 0.243 e. The first-order valence-electron chi connectivity index (χ1n) is 10.2. The van der Waals surface area contributed by atoms with Crippen molar-refractivity contribution in [3.63, 3.8) is 0 Å². The zero-order valence-corrected chi connectivity index (χ0v) is 20.7. The predicted octanol–water partition coefficient (Wildman–Crippen LogP) is 1.60. The maximum atomic E-state index is 12.0. The van der Waals surface area contributed by atoms with Gasteiger partial charge in [0.05, 0.1) is 13.2 Å². The summed E-state index contributed by atoms with van der Waals surface area (Å²) >= 11 is 1.78. The van der Waals surface area contributed by atoms with Crippen LogP contribution in [0.1, 0.15) is 11.3 Å². The molecule has 0 saturated carbocycles. The van der Waals surface area contributed by atoms with Crippen LogP contribution in [0.3, 0.4) is 0 Å². The number of hydrogen-bond acceptors (Lipinski definition) is 5. The van der Waals surface area contributed by atoms with Gasteiger partial charge in [0.2, 0.25) is 5.91 Å². The van der Waals surface area contributed by atoms with E-state index in [2.05, 4.69) is 37.6 Å². The number of aliphatic imine (C=N–C) groups is 1. The van der Waals surface area contributed by atoms with Gasteiger partial charge in [-0.1, -0.05) is 6.07 Å². The van der Waals surface area contributed by atoms with Crippen LogP contribution in [0, 0.1) is 5.92 Å². The lowest BCUT2D eigenvalue weighted by molar-refractivity contribution is -0.127. The topological polar surface area (TPSA) is 60.4 Å². The summed E-state index contributed by atoms with van der Waals surface area (Å²) in [4.78, 5) is 24.4. The average molecular weight is 535 g/mol. The van der Waals surface area contributed by atoms with E-state index in [0.717, 1.165) is 64.9 Å². The maximum absolute atomic E-state index is 12.0. The fraction of sp³-hybridized carbons (Fsp3) is 0.700. The molecule has 1 aromatic rings. The molecule has 0 aliphatic carbocycles. The first kappa shape index (κ1) is 24.4. The molecule has 0 bridgehead atoms. The third-order valence-corrected chi connectivity index (χ3v) is 6.24. The van der Waals surface area contributed by atoms with Gasteiger partial charge in [0.15, 0.2) is 5.96 Å². The SMILES string of the molecule is CN(C)C(=O)CN=C(NCCc1cccs1)N1CCC(CN2CCOCC2)C1.I.